The maximum Gasteiger partial charge on any atom is 0.243 e. The van der Waals surface area contributed by atoms with Crippen molar-refractivity contribution in [3.8, 4) is 11.9 Å². The van der Waals surface area contributed by atoms with Crippen LogP contribution < -0.4 is 10.5 Å². The molecule has 1 fully saturated rings. The quantitative estimate of drug-likeness (QED) is 0.831. The second-order valence-corrected chi connectivity index (χ2v) is 7.43. The third-order valence-corrected chi connectivity index (χ3v) is 4.85. The molecule has 1 aliphatic carbocycles. The zero-order valence-electron chi connectivity index (χ0n) is 13.6. The lowest BCUT2D eigenvalue weighted by atomic mass is 9.71. The van der Waals surface area contributed by atoms with E-state index in [4.69, 9.17) is 10.5 Å². The average molecular weight is 300 g/mol. The van der Waals surface area contributed by atoms with E-state index in [-0.39, 0.29) is 17.2 Å². The fourth-order valence-electron chi connectivity index (χ4n) is 3.79. The number of hydrogen-bond donors (Lipinski definition) is 2. The Morgan fingerprint density at radius 2 is 1.95 bits per heavy atom. The molecule has 1 saturated carbocycles. The van der Waals surface area contributed by atoms with Crippen LogP contribution in [0.25, 0.3) is 0 Å². The normalized spacial score (nSPS) is 22.9. The highest BCUT2D eigenvalue weighted by Gasteiger charge is 2.41. The van der Waals surface area contributed by atoms with Gasteiger partial charge < -0.3 is 10.5 Å². The number of aromatic nitrogens is 2. The molecule has 0 saturated heterocycles. The van der Waals surface area contributed by atoms with Gasteiger partial charge in [0.1, 0.15) is 6.07 Å². The Labute approximate surface area is 131 Å². The zero-order valence-corrected chi connectivity index (χ0v) is 13.6. The van der Waals surface area contributed by atoms with Crippen LogP contribution in [0.2, 0.25) is 0 Å². The van der Waals surface area contributed by atoms with E-state index >= 15 is 0 Å². The second kappa shape index (κ2) is 5.35. The number of H-pyrrole nitrogens is 1. The van der Waals surface area contributed by atoms with Crippen LogP contribution in [0.15, 0.2) is 11.5 Å². The number of ether oxygens (including phenoxy) is 1. The molecule has 1 atom stereocenters. The maximum atomic E-state index is 9.62. The SMILES string of the molecule is CC(C)(C)c1[nH]nc2c1C(C1CCCCC1)C(C#N)=C(N)O2. The number of nitrogens with zero attached hydrogens (tertiary/aromatic N) is 2. The van der Waals surface area contributed by atoms with Crippen LogP contribution in [0.3, 0.4) is 0 Å². The van der Waals surface area contributed by atoms with E-state index in [2.05, 4.69) is 37.0 Å². The number of allylic oxidation sites excluding steroid dienone is 1. The molecule has 1 aliphatic heterocycles. The van der Waals surface area contributed by atoms with E-state index in [0.29, 0.717) is 17.4 Å². The minimum Gasteiger partial charge on any atom is -0.420 e. The largest absolute Gasteiger partial charge is 0.420 e. The molecule has 1 aromatic rings. The summed E-state index contributed by atoms with van der Waals surface area (Å²) in [5.41, 5.74) is 8.60. The molecule has 0 aromatic carbocycles. The molecule has 2 aliphatic rings. The molecule has 3 N–H and O–H groups in total. The van der Waals surface area contributed by atoms with Crippen molar-refractivity contribution >= 4 is 0 Å². The van der Waals surface area contributed by atoms with Crippen molar-refractivity contribution in [3.05, 3.63) is 22.7 Å². The number of rotatable bonds is 1. The van der Waals surface area contributed by atoms with Crippen molar-refractivity contribution in [2.75, 3.05) is 0 Å². The van der Waals surface area contributed by atoms with Gasteiger partial charge in [0.25, 0.3) is 0 Å². The lowest BCUT2D eigenvalue weighted by Crippen LogP contribution is -2.28. The van der Waals surface area contributed by atoms with Gasteiger partial charge in [0, 0.05) is 22.6 Å². The van der Waals surface area contributed by atoms with Crippen LogP contribution in [0.1, 0.15) is 70.1 Å². The minimum absolute atomic E-state index is 0.0158. The fourth-order valence-corrected chi connectivity index (χ4v) is 3.79. The molecule has 3 rings (SSSR count). The summed E-state index contributed by atoms with van der Waals surface area (Å²) in [5.74, 6) is 1.24. The Balaban J connectivity index is 2.13. The average Bonchev–Trinajstić information content (AvgIpc) is 2.90. The van der Waals surface area contributed by atoms with Gasteiger partial charge in [-0.25, -0.2) is 0 Å². The summed E-state index contributed by atoms with van der Waals surface area (Å²) < 4.78 is 5.62. The first kappa shape index (κ1) is 15.0. The summed E-state index contributed by atoms with van der Waals surface area (Å²) in [6.07, 6.45) is 6.00. The summed E-state index contributed by atoms with van der Waals surface area (Å²) >= 11 is 0. The molecular formula is C17H24N4O. The lowest BCUT2D eigenvalue weighted by Gasteiger charge is -2.34. The Bertz CT molecular complexity index is 639. The van der Waals surface area contributed by atoms with Crippen molar-refractivity contribution in [1.29, 1.82) is 5.26 Å². The number of aromatic amines is 1. The number of hydrogen-bond acceptors (Lipinski definition) is 4. The Morgan fingerprint density at radius 1 is 1.27 bits per heavy atom. The van der Waals surface area contributed by atoms with E-state index < -0.39 is 0 Å². The lowest BCUT2D eigenvalue weighted by molar-refractivity contribution is 0.295. The van der Waals surface area contributed by atoms with Gasteiger partial charge in [0.15, 0.2) is 0 Å². The molecule has 2 heterocycles. The molecule has 5 nitrogen and oxygen atoms in total. The predicted octanol–water partition coefficient (Wildman–Crippen LogP) is 3.46. The van der Waals surface area contributed by atoms with E-state index in [0.717, 1.165) is 24.1 Å². The van der Waals surface area contributed by atoms with Crippen LogP contribution in [0, 0.1) is 17.2 Å². The van der Waals surface area contributed by atoms with Gasteiger partial charge in [-0.1, -0.05) is 40.0 Å². The number of fused-ring (bicyclic) bond motifs is 1. The van der Waals surface area contributed by atoms with E-state index in [1.165, 1.54) is 19.3 Å². The van der Waals surface area contributed by atoms with Crippen LogP contribution in [0.4, 0.5) is 0 Å². The maximum absolute atomic E-state index is 9.62. The first-order chi connectivity index (χ1) is 10.4. The molecule has 22 heavy (non-hydrogen) atoms. The molecule has 1 aromatic heterocycles. The molecule has 118 valence electrons. The first-order valence-electron chi connectivity index (χ1n) is 8.09. The van der Waals surface area contributed by atoms with Crippen LogP contribution in [-0.4, -0.2) is 10.2 Å². The fraction of sp³-hybridized carbons (Fsp3) is 0.647. The standard InChI is InChI=1S/C17H24N4O/c1-17(2,3)14-13-12(10-7-5-4-6-8-10)11(9-18)15(19)22-16(13)21-20-14/h10,12H,4-8,19H2,1-3H3,(H,20,21). The van der Waals surface area contributed by atoms with Gasteiger partial charge in [0.2, 0.25) is 11.8 Å². The topological polar surface area (TPSA) is 87.7 Å². The number of nitrogens with one attached hydrogen (secondary N) is 1. The van der Waals surface area contributed by atoms with Crippen LogP contribution in [-0.2, 0) is 5.41 Å². The van der Waals surface area contributed by atoms with E-state index in [1.807, 2.05) is 0 Å². The van der Waals surface area contributed by atoms with Crippen molar-refractivity contribution in [2.24, 2.45) is 11.7 Å². The summed E-state index contributed by atoms with van der Waals surface area (Å²) in [6.45, 7) is 6.44. The Hall–Kier alpha value is -1.96. The van der Waals surface area contributed by atoms with Crippen molar-refractivity contribution in [2.45, 2.75) is 64.2 Å². The molecule has 5 heteroatoms. The molecular weight excluding hydrogens is 276 g/mol. The van der Waals surface area contributed by atoms with Gasteiger partial charge >= 0.3 is 0 Å². The van der Waals surface area contributed by atoms with Crippen molar-refractivity contribution < 1.29 is 4.74 Å². The van der Waals surface area contributed by atoms with Gasteiger partial charge in [-0.05, 0) is 18.8 Å². The molecule has 0 radical (unpaired) electrons. The van der Waals surface area contributed by atoms with E-state index in [9.17, 15) is 5.26 Å². The zero-order chi connectivity index (χ0) is 15.9. The summed E-state index contributed by atoms with van der Waals surface area (Å²) in [4.78, 5) is 0. The molecule has 1 unspecified atom stereocenters. The van der Waals surface area contributed by atoms with Crippen LogP contribution in [0.5, 0.6) is 5.88 Å². The smallest absolute Gasteiger partial charge is 0.243 e. The highest BCUT2D eigenvalue weighted by atomic mass is 16.5. The van der Waals surface area contributed by atoms with Gasteiger partial charge in [-0.2, -0.15) is 5.26 Å². The Kier molecular flexibility index (Phi) is 3.64. The first-order valence-corrected chi connectivity index (χ1v) is 8.09. The van der Waals surface area contributed by atoms with Crippen molar-refractivity contribution in [1.82, 2.24) is 10.2 Å². The molecule has 0 spiro atoms. The molecule has 0 amide bonds. The molecule has 0 bridgehead atoms. The highest BCUT2D eigenvalue weighted by Crippen LogP contribution is 2.49. The van der Waals surface area contributed by atoms with E-state index in [1.54, 1.807) is 0 Å². The Morgan fingerprint density at radius 3 is 2.55 bits per heavy atom. The summed E-state index contributed by atoms with van der Waals surface area (Å²) in [7, 11) is 0. The van der Waals surface area contributed by atoms with Gasteiger partial charge in [-0.15, -0.1) is 5.10 Å². The second-order valence-electron chi connectivity index (χ2n) is 7.43. The number of nitrogens with two attached hydrogens (primary N) is 1. The minimum atomic E-state index is -0.0798. The van der Waals surface area contributed by atoms with Gasteiger partial charge in [-0.3, -0.25) is 5.10 Å². The monoisotopic (exact) mass is 300 g/mol. The summed E-state index contributed by atoms with van der Waals surface area (Å²) in [6, 6.07) is 2.30. The third kappa shape index (κ3) is 2.37. The third-order valence-electron chi connectivity index (χ3n) is 4.85. The number of nitriles is 1. The highest BCUT2D eigenvalue weighted by molar-refractivity contribution is 5.51. The van der Waals surface area contributed by atoms with Crippen molar-refractivity contribution in [3.63, 3.8) is 0 Å². The van der Waals surface area contributed by atoms with Gasteiger partial charge in [0.05, 0.1) is 5.57 Å². The summed E-state index contributed by atoms with van der Waals surface area (Å²) in [5, 5.41) is 17.1. The van der Waals surface area contributed by atoms with Crippen LogP contribution >= 0.6 is 0 Å². The predicted molar refractivity (Wildman–Crippen MR) is 84.1 cm³/mol.